The van der Waals surface area contributed by atoms with Gasteiger partial charge in [-0.3, -0.25) is 14.0 Å². The summed E-state index contributed by atoms with van der Waals surface area (Å²) >= 11 is 0. The molecule has 1 aromatic carbocycles. The van der Waals surface area contributed by atoms with Crippen LogP contribution in [0.2, 0.25) is 0 Å². The van der Waals surface area contributed by atoms with E-state index in [-0.39, 0.29) is 12.3 Å². The third-order valence-electron chi connectivity index (χ3n) is 6.99. The highest BCUT2D eigenvalue weighted by atomic mass is 16.4. The van der Waals surface area contributed by atoms with Crippen molar-refractivity contribution >= 4 is 23.3 Å². The number of rotatable bonds is 8. The van der Waals surface area contributed by atoms with Gasteiger partial charge in [0, 0.05) is 23.7 Å². The number of carboxylic acid groups (broad SMARTS) is 1. The molecule has 1 atom stereocenters. The molecule has 2 saturated carbocycles. The molecule has 2 heterocycles. The van der Waals surface area contributed by atoms with Crippen molar-refractivity contribution in [3.63, 3.8) is 0 Å². The summed E-state index contributed by atoms with van der Waals surface area (Å²) < 4.78 is 2.06. The van der Waals surface area contributed by atoms with Crippen LogP contribution in [-0.4, -0.2) is 32.4 Å². The number of anilines is 1. The van der Waals surface area contributed by atoms with Crippen LogP contribution in [0, 0.1) is 6.92 Å². The van der Waals surface area contributed by atoms with Gasteiger partial charge in [0.2, 0.25) is 0 Å². The largest absolute Gasteiger partial charge is 0.481 e. The number of pyridine rings is 1. The van der Waals surface area contributed by atoms with E-state index in [0.717, 1.165) is 41.1 Å². The Balaban J connectivity index is 1.40. The average Bonchev–Trinajstić information content (AvgIpc) is 3.61. The highest BCUT2D eigenvalue weighted by Crippen LogP contribution is 2.43. The Labute approximate surface area is 199 Å². The van der Waals surface area contributed by atoms with E-state index < -0.39 is 12.0 Å². The SMILES string of the molecule is Cc1ccc(C(CC(=O)O)NC(=O)c2ccn3c(NC4CCCCC4)c(C4CC4)nc3c2)cc1. The van der Waals surface area contributed by atoms with Crippen molar-refractivity contribution in [1.82, 2.24) is 14.7 Å². The molecule has 1 amide bonds. The van der Waals surface area contributed by atoms with E-state index in [1.54, 1.807) is 12.1 Å². The van der Waals surface area contributed by atoms with Gasteiger partial charge in [0.05, 0.1) is 18.2 Å². The van der Waals surface area contributed by atoms with Gasteiger partial charge in [-0.2, -0.15) is 0 Å². The molecule has 34 heavy (non-hydrogen) atoms. The molecule has 2 aromatic heterocycles. The smallest absolute Gasteiger partial charge is 0.305 e. The number of fused-ring (bicyclic) bond motifs is 1. The van der Waals surface area contributed by atoms with Crippen LogP contribution in [0.3, 0.4) is 0 Å². The minimum atomic E-state index is -0.956. The molecule has 0 saturated heterocycles. The Kier molecular flexibility index (Phi) is 6.26. The standard InChI is InChI=1S/C27H32N4O3/c1-17-7-9-18(10-8-17)22(16-24(32)33)29-27(34)20-13-14-31-23(15-20)30-25(19-11-12-19)26(31)28-21-5-3-2-4-6-21/h7-10,13-15,19,21-22,28H,2-6,11-12,16H2,1H3,(H,29,34)(H,32,33). The van der Waals surface area contributed by atoms with Crippen LogP contribution in [0.5, 0.6) is 0 Å². The van der Waals surface area contributed by atoms with Crippen molar-refractivity contribution in [2.45, 2.75) is 76.3 Å². The van der Waals surface area contributed by atoms with Gasteiger partial charge in [0.15, 0.2) is 0 Å². The summed E-state index contributed by atoms with van der Waals surface area (Å²) in [4.78, 5) is 29.5. The maximum atomic E-state index is 13.1. The molecule has 7 nitrogen and oxygen atoms in total. The fraction of sp³-hybridized carbons (Fsp3) is 0.444. The molecule has 7 heteroatoms. The summed E-state index contributed by atoms with van der Waals surface area (Å²) in [5.74, 6) is 0.304. The summed E-state index contributed by atoms with van der Waals surface area (Å²) in [6, 6.07) is 11.0. The van der Waals surface area contributed by atoms with E-state index >= 15 is 0 Å². The second-order valence-electron chi connectivity index (χ2n) is 9.78. The first kappa shape index (κ1) is 22.4. The number of aromatic nitrogens is 2. The third-order valence-corrected chi connectivity index (χ3v) is 6.99. The summed E-state index contributed by atoms with van der Waals surface area (Å²) in [5, 5.41) is 16.1. The molecule has 3 N–H and O–H groups in total. The normalized spacial score (nSPS) is 17.4. The maximum absolute atomic E-state index is 13.1. The molecular weight excluding hydrogens is 428 g/mol. The highest BCUT2D eigenvalue weighted by Gasteiger charge is 2.31. The number of amides is 1. The van der Waals surface area contributed by atoms with Crippen LogP contribution >= 0.6 is 0 Å². The van der Waals surface area contributed by atoms with Crippen LogP contribution in [0.25, 0.3) is 5.65 Å². The molecule has 5 rings (SSSR count). The van der Waals surface area contributed by atoms with E-state index in [9.17, 15) is 14.7 Å². The Morgan fingerprint density at radius 2 is 1.82 bits per heavy atom. The van der Waals surface area contributed by atoms with Gasteiger partial charge in [0.25, 0.3) is 5.91 Å². The van der Waals surface area contributed by atoms with Gasteiger partial charge < -0.3 is 15.7 Å². The molecule has 3 aromatic rings. The molecule has 2 aliphatic rings. The van der Waals surface area contributed by atoms with E-state index in [4.69, 9.17) is 4.98 Å². The average molecular weight is 461 g/mol. The molecule has 178 valence electrons. The van der Waals surface area contributed by atoms with Gasteiger partial charge in [-0.25, -0.2) is 4.98 Å². The minimum Gasteiger partial charge on any atom is -0.481 e. The summed E-state index contributed by atoms with van der Waals surface area (Å²) in [6.07, 6.45) is 10.2. The molecule has 0 bridgehead atoms. The van der Waals surface area contributed by atoms with Gasteiger partial charge in [-0.1, -0.05) is 49.1 Å². The zero-order valence-corrected chi connectivity index (χ0v) is 19.6. The highest BCUT2D eigenvalue weighted by molar-refractivity contribution is 5.95. The fourth-order valence-corrected chi connectivity index (χ4v) is 4.90. The first-order chi connectivity index (χ1) is 16.5. The lowest BCUT2D eigenvalue weighted by Gasteiger charge is -2.24. The molecule has 0 radical (unpaired) electrons. The molecule has 2 aliphatic carbocycles. The number of imidazole rings is 1. The monoisotopic (exact) mass is 460 g/mol. The van der Waals surface area contributed by atoms with Crippen LogP contribution in [-0.2, 0) is 4.79 Å². The number of nitrogens with one attached hydrogen (secondary N) is 2. The summed E-state index contributed by atoms with van der Waals surface area (Å²) in [6.45, 7) is 1.97. The van der Waals surface area contributed by atoms with E-state index in [1.165, 1.54) is 32.1 Å². The first-order valence-electron chi connectivity index (χ1n) is 12.4. The molecule has 0 spiro atoms. The van der Waals surface area contributed by atoms with Crippen molar-refractivity contribution in [3.05, 3.63) is 65.0 Å². The van der Waals surface area contributed by atoms with Crippen LogP contribution < -0.4 is 10.6 Å². The summed E-state index contributed by atoms with van der Waals surface area (Å²) in [7, 11) is 0. The van der Waals surface area contributed by atoms with Crippen molar-refractivity contribution in [2.75, 3.05) is 5.32 Å². The van der Waals surface area contributed by atoms with Crippen molar-refractivity contribution in [3.8, 4) is 0 Å². The molecule has 0 aliphatic heterocycles. The lowest BCUT2D eigenvalue weighted by molar-refractivity contribution is -0.137. The maximum Gasteiger partial charge on any atom is 0.305 e. The lowest BCUT2D eigenvalue weighted by atomic mass is 9.95. The van der Waals surface area contributed by atoms with Gasteiger partial charge in [-0.15, -0.1) is 0 Å². The second kappa shape index (κ2) is 9.49. The molecule has 1 unspecified atom stereocenters. The van der Waals surface area contributed by atoms with Crippen molar-refractivity contribution in [2.24, 2.45) is 0 Å². The number of carbonyl (C=O) groups excluding carboxylic acids is 1. The Morgan fingerprint density at radius 3 is 2.50 bits per heavy atom. The second-order valence-corrected chi connectivity index (χ2v) is 9.78. The predicted octanol–water partition coefficient (Wildman–Crippen LogP) is 5.21. The van der Waals surface area contributed by atoms with E-state index in [0.29, 0.717) is 17.5 Å². The zero-order chi connectivity index (χ0) is 23.7. The Bertz CT molecular complexity index is 1190. The minimum absolute atomic E-state index is 0.179. The zero-order valence-electron chi connectivity index (χ0n) is 19.6. The fourth-order valence-electron chi connectivity index (χ4n) is 4.90. The van der Waals surface area contributed by atoms with Crippen LogP contribution in [0.15, 0.2) is 42.6 Å². The van der Waals surface area contributed by atoms with E-state index in [1.807, 2.05) is 37.4 Å². The molecule has 2 fully saturated rings. The number of benzene rings is 1. The van der Waals surface area contributed by atoms with Gasteiger partial charge >= 0.3 is 5.97 Å². The van der Waals surface area contributed by atoms with Gasteiger partial charge in [-0.05, 0) is 50.3 Å². The van der Waals surface area contributed by atoms with Gasteiger partial charge in [0.1, 0.15) is 11.5 Å². The van der Waals surface area contributed by atoms with Crippen LogP contribution in [0.4, 0.5) is 5.82 Å². The van der Waals surface area contributed by atoms with Crippen molar-refractivity contribution in [1.29, 1.82) is 0 Å². The summed E-state index contributed by atoms with van der Waals surface area (Å²) in [5.41, 5.74) is 4.19. The number of hydrogen-bond donors (Lipinski definition) is 3. The predicted molar refractivity (Wildman–Crippen MR) is 131 cm³/mol. The molecular formula is C27H32N4O3. The number of carbonyl (C=O) groups is 2. The number of aliphatic carboxylic acids is 1. The number of carboxylic acids is 1. The quantitative estimate of drug-likeness (QED) is 0.429. The number of aryl methyl sites for hydroxylation is 1. The topological polar surface area (TPSA) is 95.7 Å². The van der Waals surface area contributed by atoms with E-state index in [2.05, 4.69) is 15.0 Å². The third kappa shape index (κ3) is 4.93. The Hall–Kier alpha value is -3.35. The van der Waals surface area contributed by atoms with Crippen LogP contribution in [0.1, 0.15) is 90.5 Å². The lowest BCUT2D eigenvalue weighted by Crippen LogP contribution is -2.30. The number of hydrogen-bond acceptors (Lipinski definition) is 4. The number of nitrogens with zero attached hydrogens (tertiary/aromatic N) is 2. The Morgan fingerprint density at radius 1 is 1.09 bits per heavy atom. The van der Waals surface area contributed by atoms with Crippen molar-refractivity contribution < 1.29 is 14.7 Å². The first-order valence-corrected chi connectivity index (χ1v) is 12.4.